The van der Waals surface area contributed by atoms with Crippen molar-refractivity contribution in [3.63, 3.8) is 0 Å². The van der Waals surface area contributed by atoms with E-state index in [1.807, 2.05) is 23.1 Å². The summed E-state index contributed by atoms with van der Waals surface area (Å²) in [4.78, 5) is 16.2. The molecule has 1 amide bonds. The number of carbonyl (C=O) groups excluding carboxylic acids is 1. The van der Waals surface area contributed by atoms with Crippen LogP contribution in [0.2, 0.25) is 0 Å². The second-order valence-electron chi connectivity index (χ2n) is 5.16. The third kappa shape index (κ3) is 3.77. The van der Waals surface area contributed by atoms with E-state index in [9.17, 15) is 4.79 Å². The van der Waals surface area contributed by atoms with Crippen molar-refractivity contribution in [1.82, 2.24) is 9.80 Å². The van der Waals surface area contributed by atoms with Gasteiger partial charge in [-0.05, 0) is 12.0 Å². The van der Waals surface area contributed by atoms with E-state index in [2.05, 4.69) is 11.0 Å². The fraction of sp³-hybridized carbons (Fsp3) is 0.467. The molecule has 1 aromatic carbocycles. The van der Waals surface area contributed by atoms with Crippen LogP contribution in [0.5, 0.6) is 0 Å². The molecule has 0 aliphatic carbocycles. The van der Waals surface area contributed by atoms with Crippen molar-refractivity contribution < 1.29 is 4.79 Å². The van der Waals surface area contributed by atoms with Crippen LogP contribution in [0.4, 0.5) is 0 Å². The van der Waals surface area contributed by atoms with Gasteiger partial charge in [0.15, 0.2) is 0 Å². The van der Waals surface area contributed by atoms with E-state index >= 15 is 0 Å². The molecule has 0 aromatic heterocycles. The molecule has 0 atom stereocenters. The summed E-state index contributed by atoms with van der Waals surface area (Å²) in [6.07, 6.45) is 1.01. The fourth-order valence-electron chi connectivity index (χ4n) is 2.58. The maximum Gasteiger partial charge on any atom is 0.219 e. The van der Waals surface area contributed by atoms with Crippen molar-refractivity contribution in [3.8, 4) is 0 Å². The van der Waals surface area contributed by atoms with Crippen LogP contribution in [0, 0.1) is 0 Å². The Morgan fingerprint density at radius 2 is 2.00 bits per heavy atom. The number of nitrogens with two attached hydrogens (primary N) is 1. The van der Waals surface area contributed by atoms with Crippen molar-refractivity contribution in [2.45, 2.75) is 19.9 Å². The van der Waals surface area contributed by atoms with E-state index in [4.69, 9.17) is 18.0 Å². The number of amides is 1. The number of rotatable bonds is 3. The predicted octanol–water partition coefficient (Wildman–Crippen LogP) is 1.38. The average Bonchev–Trinajstić information content (AvgIpc) is 2.65. The molecule has 0 unspecified atom stereocenters. The number of thiocarbonyl (C=S) groups is 1. The van der Waals surface area contributed by atoms with Crippen LogP contribution in [0.25, 0.3) is 0 Å². The van der Waals surface area contributed by atoms with Gasteiger partial charge in [-0.3, -0.25) is 9.69 Å². The summed E-state index contributed by atoms with van der Waals surface area (Å²) in [5.74, 6) is 0.162. The SMILES string of the molecule is CC(=O)N1CCCN(Cc2ccccc2C(N)=S)CC1. The van der Waals surface area contributed by atoms with Gasteiger partial charge in [0, 0.05) is 45.2 Å². The van der Waals surface area contributed by atoms with E-state index in [1.165, 1.54) is 0 Å². The lowest BCUT2D eigenvalue weighted by molar-refractivity contribution is -0.128. The van der Waals surface area contributed by atoms with Gasteiger partial charge >= 0.3 is 0 Å². The van der Waals surface area contributed by atoms with Gasteiger partial charge in [-0.25, -0.2) is 0 Å². The van der Waals surface area contributed by atoms with Gasteiger partial charge in [0.25, 0.3) is 0 Å². The highest BCUT2D eigenvalue weighted by Crippen LogP contribution is 2.13. The van der Waals surface area contributed by atoms with Crippen LogP contribution in [0.1, 0.15) is 24.5 Å². The highest BCUT2D eigenvalue weighted by molar-refractivity contribution is 7.80. The molecule has 5 heteroatoms. The molecule has 1 aromatic rings. The van der Waals surface area contributed by atoms with Gasteiger partial charge in [-0.15, -0.1) is 0 Å². The lowest BCUT2D eigenvalue weighted by atomic mass is 10.1. The monoisotopic (exact) mass is 291 g/mol. The standard InChI is InChI=1S/C15H21N3OS/c1-12(19)18-8-4-7-17(9-10-18)11-13-5-2-3-6-14(13)15(16)20/h2-3,5-6H,4,7-11H2,1H3,(H2,16,20). The molecule has 2 rings (SSSR count). The van der Waals surface area contributed by atoms with E-state index in [1.54, 1.807) is 6.92 Å². The van der Waals surface area contributed by atoms with Gasteiger partial charge in [0.05, 0.1) is 0 Å². The topological polar surface area (TPSA) is 49.6 Å². The maximum absolute atomic E-state index is 11.4. The molecule has 2 N–H and O–H groups in total. The largest absolute Gasteiger partial charge is 0.389 e. The minimum atomic E-state index is 0.162. The molecule has 1 aliphatic rings. The Kier molecular flexibility index (Phi) is 5.09. The summed E-state index contributed by atoms with van der Waals surface area (Å²) in [6.45, 7) is 6.01. The lowest BCUT2D eigenvalue weighted by Crippen LogP contribution is -2.33. The summed E-state index contributed by atoms with van der Waals surface area (Å²) in [7, 11) is 0. The summed E-state index contributed by atoms with van der Waals surface area (Å²) >= 11 is 5.10. The predicted molar refractivity (Wildman–Crippen MR) is 84.5 cm³/mol. The fourth-order valence-corrected chi connectivity index (χ4v) is 2.78. The maximum atomic E-state index is 11.4. The van der Waals surface area contributed by atoms with Crippen LogP contribution < -0.4 is 5.73 Å². The van der Waals surface area contributed by atoms with E-state index in [0.29, 0.717) is 4.99 Å². The van der Waals surface area contributed by atoms with Crippen LogP contribution in [0.3, 0.4) is 0 Å². The van der Waals surface area contributed by atoms with Crippen molar-refractivity contribution in [2.24, 2.45) is 5.73 Å². The van der Waals surface area contributed by atoms with Crippen LogP contribution >= 0.6 is 12.2 Å². The molecule has 1 aliphatic heterocycles. The Balaban J connectivity index is 2.04. The van der Waals surface area contributed by atoms with Gasteiger partial charge < -0.3 is 10.6 Å². The zero-order chi connectivity index (χ0) is 14.5. The molecule has 1 fully saturated rings. The number of benzene rings is 1. The highest BCUT2D eigenvalue weighted by atomic mass is 32.1. The second kappa shape index (κ2) is 6.81. The molecule has 4 nitrogen and oxygen atoms in total. The van der Waals surface area contributed by atoms with Crippen molar-refractivity contribution >= 4 is 23.1 Å². The Morgan fingerprint density at radius 1 is 1.25 bits per heavy atom. The molecule has 0 spiro atoms. The third-order valence-corrected chi connectivity index (χ3v) is 3.93. The van der Waals surface area contributed by atoms with E-state index < -0.39 is 0 Å². The van der Waals surface area contributed by atoms with Gasteiger partial charge in [0.1, 0.15) is 4.99 Å². The summed E-state index contributed by atoms with van der Waals surface area (Å²) in [6, 6.07) is 8.01. The van der Waals surface area contributed by atoms with Crippen molar-refractivity contribution in [2.75, 3.05) is 26.2 Å². The molecular weight excluding hydrogens is 270 g/mol. The average molecular weight is 291 g/mol. The molecular formula is C15H21N3OS. The Morgan fingerprint density at radius 3 is 2.70 bits per heavy atom. The van der Waals surface area contributed by atoms with Crippen LogP contribution in [-0.4, -0.2) is 46.9 Å². The normalized spacial score (nSPS) is 16.8. The zero-order valence-corrected chi connectivity index (χ0v) is 12.7. The Hall–Kier alpha value is -1.46. The second-order valence-corrected chi connectivity index (χ2v) is 5.60. The first kappa shape index (κ1) is 14.9. The number of carbonyl (C=O) groups is 1. The molecule has 1 saturated heterocycles. The summed E-state index contributed by atoms with van der Waals surface area (Å²) in [5, 5.41) is 0. The summed E-state index contributed by atoms with van der Waals surface area (Å²) < 4.78 is 0. The molecule has 1 heterocycles. The van der Waals surface area contributed by atoms with Gasteiger partial charge in [-0.2, -0.15) is 0 Å². The lowest BCUT2D eigenvalue weighted by Gasteiger charge is -2.22. The molecule has 0 saturated carbocycles. The number of nitrogens with zero attached hydrogens (tertiary/aromatic N) is 2. The first-order chi connectivity index (χ1) is 9.58. The van der Waals surface area contributed by atoms with Crippen molar-refractivity contribution in [3.05, 3.63) is 35.4 Å². The molecule has 0 radical (unpaired) electrons. The molecule has 20 heavy (non-hydrogen) atoms. The minimum absolute atomic E-state index is 0.162. The van der Waals surface area contributed by atoms with Gasteiger partial charge in [0.2, 0.25) is 5.91 Å². The van der Waals surface area contributed by atoms with Crippen molar-refractivity contribution in [1.29, 1.82) is 0 Å². The Bertz CT molecular complexity index is 504. The third-order valence-electron chi connectivity index (χ3n) is 3.71. The van der Waals surface area contributed by atoms with E-state index in [0.717, 1.165) is 50.3 Å². The minimum Gasteiger partial charge on any atom is -0.389 e. The molecule has 0 bridgehead atoms. The Labute approximate surface area is 125 Å². The van der Waals surface area contributed by atoms with Crippen LogP contribution in [0.15, 0.2) is 24.3 Å². The number of hydrogen-bond acceptors (Lipinski definition) is 3. The van der Waals surface area contributed by atoms with E-state index in [-0.39, 0.29) is 5.91 Å². The first-order valence-corrected chi connectivity index (χ1v) is 7.34. The van der Waals surface area contributed by atoms with Crippen LogP contribution in [-0.2, 0) is 11.3 Å². The smallest absolute Gasteiger partial charge is 0.219 e. The highest BCUT2D eigenvalue weighted by Gasteiger charge is 2.17. The zero-order valence-electron chi connectivity index (χ0n) is 11.8. The quantitative estimate of drug-likeness (QED) is 0.855. The number of hydrogen-bond donors (Lipinski definition) is 1. The summed E-state index contributed by atoms with van der Waals surface area (Å²) in [5.41, 5.74) is 7.89. The molecule has 108 valence electrons. The first-order valence-electron chi connectivity index (χ1n) is 6.93. The van der Waals surface area contributed by atoms with Gasteiger partial charge in [-0.1, -0.05) is 36.5 Å².